The van der Waals surface area contributed by atoms with Gasteiger partial charge in [0.05, 0.1) is 0 Å². The Morgan fingerprint density at radius 1 is 1.67 bits per heavy atom. The van der Waals surface area contributed by atoms with Crippen LogP contribution in [0.15, 0.2) is 22.2 Å². The Balaban J connectivity index is 2.45. The highest BCUT2D eigenvalue weighted by Gasteiger charge is 2.07. The molecule has 0 aromatic carbocycles. The van der Waals surface area contributed by atoms with Crippen molar-refractivity contribution >= 4 is 24.4 Å². The van der Waals surface area contributed by atoms with Crippen LogP contribution in [0.4, 0.5) is 0 Å². The van der Waals surface area contributed by atoms with E-state index in [9.17, 15) is 4.79 Å². The van der Waals surface area contributed by atoms with E-state index in [-0.39, 0.29) is 5.56 Å². The molecule has 1 aromatic rings. The van der Waals surface area contributed by atoms with Gasteiger partial charge in [0, 0.05) is 18.0 Å². The van der Waals surface area contributed by atoms with E-state index >= 15 is 0 Å². The van der Waals surface area contributed by atoms with E-state index in [0.29, 0.717) is 11.1 Å². The minimum atomic E-state index is -0.0922. The molecule has 0 saturated carbocycles. The number of hydrogen-bond donors (Lipinski definition) is 2. The molecule has 0 bridgehead atoms. The molecular weight excluding hydrogens is 228 g/mol. The molecule has 1 N–H and O–H groups in total. The predicted molar refractivity (Wildman–Crippen MR) is 67.8 cm³/mol. The quantitative estimate of drug-likeness (QED) is 0.458. The molecule has 5 heteroatoms. The molecule has 1 aromatic heterocycles. The fourth-order valence-corrected chi connectivity index (χ4v) is 2.73. The fourth-order valence-electron chi connectivity index (χ4n) is 1.26. The van der Waals surface area contributed by atoms with E-state index in [2.05, 4.69) is 29.5 Å². The number of H-pyrrole nitrogens is 1. The maximum Gasteiger partial charge on any atom is 0.251 e. The number of thioether (sulfide) groups is 1. The molecule has 1 unspecified atom stereocenters. The van der Waals surface area contributed by atoms with Crippen molar-refractivity contribution in [3.63, 3.8) is 0 Å². The van der Waals surface area contributed by atoms with Gasteiger partial charge in [0.15, 0.2) is 5.16 Å². The van der Waals surface area contributed by atoms with Crippen molar-refractivity contribution in [1.82, 2.24) is 9.97 Å². The van der Waals surface area contributed by atoms with Gasteiger partial charge < -0.3 is 4.98 Å². The van der Waals surface area contributed by atoms with E-state index in [0.717, 1.165) is 11.5 Å². The standard InChI is InChI=1S/C10H16N2OS2/c1-2-3-8(6-14)7-15-10-11-5-4-9(13)12-10/h4-5,8,14H,2-3,6-7H2,1H3,(H,11,12,13). The van der Waals surface area contributed by atoms with Gasteiger partial charge in [-0.15, -0.1) is 0 Å². The summed E-state index contributed by atoms with van der Waals surface area (Å²) in [7, 11) is 0. The summed E-state index contributed by atoms with van der Waals surface area (Å²) < 4.78 is 0. The Morgan fingerprint density at radius 3 is 3.07 bits per heavy atom. The number of aromatic amines is 1. The first-order valence-corrected chi connectivity index (χ1v) is 6.67. The molecule has 1 atom stereocenters. The molecule has 15 heavy (non-hydrogen) atoms. The molecule has 0 fully saturated rings. The van der Waals surface area contributed by atoms with E-state index in [1.165, 1.54) is 25.1 Å². The van der Waals surface area contributed by atoms with Crippen molar-refractivity contribution in [2.24, 2.45) is 5.92 Å². The van der Waals surface area contributed by atoms with E-state index in [4.69, 9.17) is 0 Å². The van der Waals surface area contributed by atoms with Crippen molar-refractivity contribution in [2.75, 3.05) is 11.5 Å². The highest BCUT2D eigenvalue weighted by molar-refractivity contribution is 7.99. The Kier molecular flexibility index (Phi) is 5.86. The summed E-state index contributed by atoms with van der Waals surface area (Å²) >= 11 is 5.90. The Labute approximate surface area is 99.5 Å². The van der Waals surface area contributed by atoms with Gasteiger partial charge in [-0.3, -0.25) is 4.79 Å². The molecule has 0 radical (unpaired) electrons. The Morgan fingerprint density at radius 2 is 2.47 bits per heavy atom. The van der Waals surface area contributed by atoms with Crippen LogP contribution >= 0.6 is 24.4 Å². The average molecular weight is 244 g/mol. The lowest BCUT2D eigenvalue weighted by molar-refractivity contribution is 0.595. The zero-order valence-electron chi connectivity index (χ0n) is 8.77. The first-order valence-electron chi connectivity index (χ1n) is 5.05. The molecule has 0 aliphatic heterocycles. The van der Waals surface area contributed by atoms with E-state index < -0.39 is 0 Å². The van der Waals surface area contributed by atoms with Crippen LogP contribution in [0.1, 0.15) is 19.8 Å². The SMILES string of the molecule is CCCC(CS)CSc1nccc(=O)[nH]1. The zero-order chi connectivity index (χ0) is 11.1. The number of thiol groups is 1. The third-order valence-electron chi connectivity index (χ3n) is 2.06. The van der Waals surface area contributed by atoms with Crippen LogP contribution in [0.5, 0.6) is 0 Å². The van der Waals surface area contributed by atoms with Crippen LogP contribution in [-0.2, 0) is 0 Å². The van der Waals surface area contributed by atoms with E-state index in [1.54, 1.807) is 11.8 Å². The first kappa shape index (κ1) is 12.6. The summed E-state index contributed by atoms with van der Waals surface area (Å²) in [5.41, 5.74) is -0.0922. The summed E-state index contributed by atoms with van der Waals surface area (Å²) in [4.78, 5) is 17.8. The van der Waals surface area contributed by atoms with Gasteiger partial charge in [0.1, 0.15) is 0 Å². The number of nitrogens with one attached hydrogen (secondary N) is 1. The minimum Gasteiger partial charge on any atom is -0.301 e. The lowest BCUT2D eigenvalue weighted by atomic mass is 10.1. The summed E-state index contributed by atoms with van der Waals surface area (Å²) in [6.07, 6.45) is 3.88. The highest BCUT2D eigenvalue weighted by atomic mass is 32.2. The summed E-state index contributed by atoms with van der Waals surface area (Å²) in [6, 6.07) is 1.42. The summed E-state index contributed by atoms with van der Waals surface area (Å²) in [5, 5.41) is 0.699. The van der Waals surface area contributed by atoms with E-state index in [1.807, 2.05) is 0 Å². The summed E-state index contributed by atoms with van der Waals surface area (Å²) in [6.45, 7) is 2.17. The second-order valence-corrected chi connectivity index (χ2v) is 4.76. The predicted octanol–water partition coefficient (Wildman–Crippen LogP) is 2.21. The Hall–Kier alpha value is -0.420. The van der Waals surface area contributed by atoms with Crippen LogP contribution < -0.4 is 5.56 Å². The van der Waals surface area contributed by atoms with Gasteiger partial charge in [-0.05, 0) is 18.1 Å². The van der Waals surface area contributed by atoms with Crippen LogP contribution in [0.2, 0.25) is 0 Å². The van der Waals surface area contributed by atoms with Crippen LogP contribution in [-0.4, -0.2) is 21.5 Å². The second-order valence-electron chi connectivity index (χ2n) is 3.39. The van der Waals surface area contributed by atoms with Crippen LogP contribution in [0.3, 0.4) is 0 Å². The lowest BCUT2D eigenvalue weighted by Gasteiger charge is -2.11. The number of hydrogen-bond acceptors (Lipinski definition) is 4. The zero-order valence-corrected chi connectivity index (χ0v) is 10.5. The average Bonchev–Trinajstić information content (AvgIpc) is 2.24. The molecule has 0 saturated heterocycles. The van der Waals surface area contributed by atoms with Crippen molar-refractivity contribution in [3.05, 3.63) is 22.6 Å². The van der Waals surface area contributed by atoms with Gasteiger partial charge in [-0.1, -0.05) is 25.1 Å². The summed E-state index contributed by atoms with van der Waals surface area (Å²) in [5.74, 6) is 2.44. The highest BCUT2D eigenvalue weighted by Crippen LogP contribution is 2.19. The normalized spacial score (nSPS) is 12.7. The molecule has 0 spiro atoms. The molecular formula is C10H16N2OS2. The van der Waals surface area contributed by atoms with Crippen molar-refractivity contribution in [3.8, 4) is 0 Å². The first-order chi connectivity index (χ1) is 7.26. The molecule has 0 aliphatic rings. The molecule has 3 nitrogen and oxygen atoms in total. The van der Waals surface area contributed by atoms with Gasteiger partial charge in [0.25, 0.3) is 5.56 Å². The fraction of sp³-hybridized carbons (Fsp3) is 0.600. The van der Waals surface area contributed by atoms with Crippen molar-refractivity contribution in [2.45, 2.75) is 24.9 Å². The second kappa shape index (κ2) is 6.95. The molecule has 1 heterocycles. The number of rotatable bonds is 6. The van der Waals surface area contributed by atoms with Gasteiger partial charge in [0.2, 0.25) is 0 Å². The maximum absolute atomic E-state index is 11.0. The maximum atomic E-state index is 11.0. The third kappa shape index (κ3) is 4.75. The molecule has 0 aliphatic carbocycles. The third-order valence-corrected chi connectivity index (χ3v) is 3.69. The largest absolute Gasteiger partial charge is 0.301 e. The van der Waals surface area contributed by atoms with Crippen LogP contribution in [0.25, 0.3) is 0 Å². The lowest BCUT2D eigenvalue weighted by Crippen LogP contribution is -2.09. The molecule has 84 valence electrons. The minimum absolute atomic E-state index is 0.0922. The smallest absolute Gasteiger partial charge is 0.251 e. The van der Waals surface area contributed by atoms with Gasteiger partial charge in [-0.2, -0.15) is 12.6 Å². The monoisotopic (exact) mass is 244 g/mol. The number of aromatic nitrogens is 2. The van der Waals surface area contributed by atoms with Crippen LogP contribution in [0, 0.1) is 5.92 Å². The van der Waals surface area contributed by atoms with Gasteiger partial charge >= 0.3 is 0 Å². The van der Waals surface area contributed by atoms with Crippen molar-refractivity contribution < 1.29 is 0 Å². The van der Waals surface area contributed by atoms with Crippen molar-refractivity contribution in [1.29, 1.82) is 0 Å². The van der Waals surface area contributed by atoms with Gasteiger partial charge in [-0.25, -0.2) is 4.98 Å². The molecule has 0 amide bonds. The topological polar surface area (TPSA) is 45.8 Å². The Bertz CT molecular complexity index is 340. The molecule has 1 rings (SSSR count). The number of nitrogens with zero attached hydrogens (tertiary/aromatic N) is 1.